The lowest BCUT2D eigenvalue weighted by Crippen LogP contribution is -2.46. The van der Waals surface area contributed by atoms with Crippen molar-refractivity contribution in [2.24, 2.45) is 0 Å². The van der Waals surface area contributed by atoms with Crippen LogP contribution in [0.4, 0.5) is 0 Å². The molecule has 1 saturated heterocycles. The number of rotatable bonds is 4. The molecule has 1 unspecified atom stereocenters. The summed E-state index contributed by atoms with van der Waals surface area (Å²) in [5, 5.41) is 13.5. The van der Waals surface area contributed by atoms with E-state index in [9.17, 15) is 9.90 Å². The predicted molar refractivity (Wildman–Crippen MR) is 90.5 cm³/mol. The normalized spacial score (nSPS) is 16.1. The molecule has 4 heteroatoms. The molecule has 0 aromatic heterocycles. The van der Waals surface area contributed by atoms with Crippen LogP contribution in [0.3, 0.4) is 0 Å². The van der Waals surface area contributed by atoms with Gasteiger partial charge in [-0.05, 0) is 11.6 Å². The molecule has 1 aliphatic heterocycles. The Labute approximate surface area is 136 Å². The smallest absolute Gasteiger partial charge is 0.223 e. The van der Waals surface area contributed by atoms with Gasteiger partial charge in [-0.3, -0.25) is 4.79 Å². The van der Waals surface area contributed by atoms with Crippen molar-refractivity contribution in [1.29, 1.82) is 0 Å². The molecule has 1 aliphatic rings. The number of para-hydroxylation sites is 1. The van der Waals surface area contributed by atoms with Crippen molar-refractivity contribution in [1.82, 2.24) is 10.2 Å². The minimum Gasteiger partial charge on any atom is -0.508 e. The molecule has 3 rings (SSSR count). The van der Waals surface area contributed by atoms with Crippen molar-refractivity contribution >= 4 is 5.91 Å². The van der Waals surface area contributed by atoms with E-state index in [4.69, 9.17) is 0 Å². The van der Waals surface area contributed by atoms with E-state index in [-0.39, 0.29) is 17.6 Å². The quantitative estimate of drug-likeness (QED) is 0.911. The number of benzene rings is 2. The number of nitrogens with one attached hydrogen (secondary N) is 1. The van der Waals surface area contributed by atoms with Crippen molar-refractivity contribution in [3.8, 4) is 5.75 Å². The lowest BCUT2D eigenvalue weighted by Gasteiger charge is -2.29. The van der Waals surface area contributed by atoms with Crippen molar-refractivity contribution in [2.75, 3.05) is 26.2 Å². The van der Waals surface area contributed by atoms with Crippen LogP contribution in [0.1, 0.15) is 23.5 Å². The van der Waals surface area contributed by atoms with Crippen LogP contribution in [-0.4, -0.2) is 42.1 Å². The standard InChI is InChI=1S/C19H22N2O2/c22-18-9-5-4-8-16(18)17(15-6-2-1-3-7-15)14-19(23)21-12-10-20-11-13-21/h1-9,17,20,22H,10-14H2. The molecule has 2 aromatic carbocycles. The summed E-state index contributed by atoms with van der Waals surface area (Å²) in [6.07, 6.45) is 0.377. The molecule has 1 amide bonds. The van der Waals surface area contributed by atoms with Gasteiger partial charge < -0.3 is 15.3 Å². The highest BCUT2D eigenvalue weighted by molar-refractivity contribution is 5.78. The average Bonchev–Trinajstić information content (AvgIpc) is 2.62. The van der Waals surface area contributed by atoms with Crippen LogP contribution in [0.25, 0.3) is 0 Å². The Morgan fingerprint density at radius 3 is 2.39 bits per heavy atom. The van der Waals surface area contributed by atoms with Gasteiger partial charge in [0.2, 0.25) is 5.91 Å². The highest BCUT2D eigenvalue weighted by atomic mass is 16.3. The number of nitrogens with zero attached hydrogens (tertiary/aromatic N) is 1. The van der Waals surface area contributed by atoms with Crippen molar-refractivity contribution in [3.63, 3.8) is 0 Å². The molecule has 120 valence electrons. The monoisotopic (exact) mass is 310 g/mol. The number of piperazine rings is 1. The topological polar surface area (TPSA) is 52.6 Å². The zero-order valence-corrected chi connectivity index (χ0v) is 13.1. The van der Waals surface area contributed by atoms with E-state index in [1.54, 1.807) is 12.1 Å². The first-order valence-corrected chi connectivity index (χ1v) is 8.07. The number of phenolic OH excluding ortho intramolecular Hbond substituents is 1. The van der Waals surface area contributed by atoms with Gasteiger partial charge in [-0.15, -0.1) is 0 Å². The first-order chi connectivity index (χ1) is 11.3. The highest BCUT2D eigenvalue weighted by Crippen LogP contribution is 2.34. The molecule has 0 spiro atoms. The van der Waals surface area contributed by atoms with E-state index in [0.29, 0.717) is 6.42 Å². The number of phenols is 1. The maximum atomic E-state index is 12.7. The zero-order valence-electron chi connectivity index (χ0n) is 13.1. The first-order valence-electron chi connectivity index (χ1n) is 8.07. The van der Waals surface area contributed by atoms with E-state index >= 15 is 0 Å². The van der Waals surface area contributed by atoms with E-state index < -0.39 is 0 Å². The van der Waals surface area contributed by atoms with Crippen LogP contribution in [0.2, 0.25) is 0 Å². The SMILES string of the molecule is O=C(CC(c1ccccc1)c1ccccc1O)N1CCNCC1. The summed E-state index contributed by atoms with van der Waals surface area (Å²) in [6.45, 7) is 3.19. The van der Waals surface area contributed by atoms with Gasteiger partial charge >= 0.3 is 0 Å². The summed E-state index contributed by atoms with van der Waals surface area (Å²) < 4.78 is 0. The van der Waals surface area contributed by atoms with Crippen LogP contribution in [0, 0.1) is 0 Å². The molecular weight excluding hydrogens is 288 g/mol. The number of aromatic hydroxyl groups is 1. The number of hydrogen-bond acceptors (Lipinski definition) is 3. The molecule has 0 radical (unpaired) electrons. The molecule has 0 saturated carbocycles. The lowest BCUT2D eigenvalue weighted by molar-refractivity contribution is -0.132. The average molecular weight is 310 g/mol. The summed E-state index contributed by atoms with van der Waals surface area (Å²) in [5.74, 6) is 0.262. The molecule has 2 N–H and O–H groups in total. The fraction of sp³-hybridized carbons (Fsp3) is 0.316. The third-order valence-corrected chi connectivity index (χ3v) is 4.36. The number of amides is 1. The van der Waals surface area contributed by atoms with Crippen molar-refractivity contribution < 1.29 is 9.90 Å². The fourth-order valence-corrected chi connectivity index (χ4v) is 3.09. The summed E-state index contributed by atoms with van der Waals surface area (Å²) in [6, 6.07) is 17.2. The molecule has 1 fully saturated rings. The number of carbonyl (C=O) groups is 1. The Morgan fingerprint density at radius 2 is 1.70 bits per heavy atom. The van der Waals surface area contributed by atoms with Gasteiger partial charge in [-0.1, -0.05) is 48.5 Å². The van der Waals surface area contributed by atoms with Crippen LogP contribution in [0.5, 0.6) is 5.75 Å². The maximum Gasteiger partial charge on any atom is 0.223 e. The molecule has 1 atom stereocenters. The molecule has 1 heterocycles. The first kappa shape index (κ1) is 15.6. The van der Waals surface area contributed by atoms with Crippen LogP contribution in [-0.2, 0) is 4.79 Å². The Bertz CT molecular complexity index is 651. The van der Waals surface area contributed by atoms with Gasteiger partial charge in [0.1, 0.15) is 5.75 Å². The molecule has 4 nitrogen and oxygen atoms in total. The Morgan fingerprint density at radius 1 is 1.04 bits per heavy atom. The van der Waals surface area contributed by atoms with Gasteiger partial charge in [-0.25, -0.2) is 0 Å². The van der Waals surface area contributed by atoms with Crippen LogP contribution >= 0.6 is 0 Å². The van der Waals surface area contributed by atoms with E-state index in [2.05, 4.69) is 5.32 Å². The van der Waals surface area contributed by atoms with Crippen LogP contribution in [0.15, 0.2) is 54.6 Å². The second kappa shape index (κ2) is 7.29. The highest BCUT2D eigenvalue weighted by Gasteiger charge is 2.24. The Balaban J connectivity index is 1.87. The largest absolute Gasteiger partial charge is 0.508 e. The lowest BCUT2D eigenvalue weighted by atomic mass is 9.87. The van der Waals surface area contributed by atoms with E-state index in [0.717, 1.165) is 37.3 Å². The molecule has 0 aliphatic carbocycles. The minimum absolute atomic E-state index is 0.125. The zero-order chi connectivity index (χ0) is 16.1. The summed E-state index contributed by atoms with van der Waals surface area (Å²) in [5.41, 5.74) is 1.86. The summed E-state index contributed by atoms with van der Waals surface area (Å²) in [4.78, 5) is 14.6. The van der Waals surface area contributed by atoms with Gasteiger partial charge in [0.05, 0.1) is 0 Å². The molecule has 2 aromatic rings. The predicted octanol–water partition coefficient (Wildman–Crippen LogP) is 2.35. The minimum atomic E-state index is -0.125. The van der Waals surface area contributed by atoms with Gasteiger partial charge in [0, 0.05) is 44.1 Å². The fourth-order valence-electron chi connectivity index (χ4n) is 3.09. The second-order valence-corrected chi connectivity index (χ2v) is 5.86. The van der Waals surface area contributed by atoms with Crippen molar-refractivity contribution in [3.05, 3.63) is 65.7 Å². The van der Waals surface area contributed by atoms with E-state index in [1.807, 2.05) is 47.4 Å². The molecule has 0 bridgehead atoms. The van der Waals surface area contributed by atoms with Crippen LogP contribution < -0.4 is 5.32 Å². The molecular formula is C19H22N2O2. The van der Waals surface area contributed by atoms with E-state index in [1.165, 1.54) is 0 Å². The molecule has 23 heavy (non-hydrogen) atoms. The van der Waals surface area contributed by atoms with Crippen molar-refractivity contribution in [2.45, 2.75) is 12.3 Å². The Hall–Kier alpha value is -2.33. The summed E-state index contributed by atoms with van der Waals surface area (Å²) in [7, 11) is 0. The third kappa shape index (κ3) is 3.71. The Kier molecular flexibility index (Phi) is 4.93. The second-order valence-electron chi connectivity index (χ2n) is 5.86. The summed E-state index contributed by atoms with van der Waals surface area (Å²) >= 11 is 0. The van der Waals surface area contributed by atoms with Gasteiger partial charge in [0.15, 0.2) is 0 Å². The van der Waals surface area contributed by atoms with Gasteiger partial charge in [0.25, 0.3) is 0 Å². The third-order valence-electron chi connectivity index (χ3n) is 4.36. The number of hydrogen-bond donors (Lipinski definition) is 2. The number of carbonyl (C=O) groups excluding carboxylic acids is 1. The maximum absolute atomic E-state index is 12.7. The van der Waals surface area contributed by atoms with Gasteiger partial charge in [-0.2, -0.15) is 0 Å².